The highest BCUT2D eigenvalue weighted by Gasteiger charge is 2.51. The molecule has 1 saturated carbocycles. The summed E-state index contributed by atoms with van der Waals surface area (Å²) in [6.45, 7) is -0.255. The van der Waals surface area contributed by atoms with Gasteiger partial charge >= 0.3 is 15.5 Å². The highest BCUT2D eigenvalue weighted by atomic mass is 35.5. The molecule has 0 spiro atoms. The lowest BCUT2D eigenvalue weighted by Crippen LogP contribution is -2.47. The number of aryl methyl sites for hydroxylation is 1. The van der Waals surface area contributed by atoms with Crippen molar-refractivity contribution in [2.45, 2.75) is 63.2 Å². The van der Waals surface area contributed by atoms with E-state index < -0.39 is 21.6 Å². The zero-order chi connectivity index (χ0) is 23.8. The lowest BCUT2D eigenvalue weighted by Gasteiger charge is -2.34. The number of fused-ring (bicyclic) bond motifs is 1. The topological polar surface area (TPSA) is 58.4 Å². The molecule has 11 heteroatoms. The van der Waals surface area contributed by atoms with Gasteiger partial charge in [-0.1, -0.05) is 37.3 Å². The molecule has 0 saturated heterocycles. The number of nitrogens with zero attached hydrogens (tertiary/aromatic N) is 4. The molecular formula is C22H28ClF3N4O2S. The third kappa shape index (κ3) is 5.33. The van der Waals surface area contributed by atoms with Crippen molar-refractivity contribution in [1.29, 1.82) is 0 Å². The van der Waals surface area contributed by atoms with E-state index in [4.69, 9.17) is 11.6 Å². The number of anilines is 1. The Morgan fingerprint density at radius 2 is 1.91 bits per heavy atom. The molecule has 2 aliphatic rings. The molecule has 2 heterocycles. The van der Waals surface area contributed by atoms with Gasteiger partial charge in [0, 0.05) is 43.1 Å². The highest BCUT2D eigenvalue weighted by molar-refractivity contribution is 7.89. The molecule has 0 amide bonds. The number of benzene rings is 1. The first-order valence-corrected chi connectivity index (χ1v) is 12.9. The van der Waals surface area contributed by atoms with Crippen molar-refractivity contribution in [3.05, 3.63) is 47.0 Å². The Kier molecular flexibility index (Phi) is 6.98. The Hall–Kier alpha value is -1.78. The summed E-state index contributed by atoms with van der Waals surface area (Å²) in [6.07, 6.45) is 9.55. The molecule has 1 unspecified atom stereocenters. The van der Waals surface area contributed by atoms with Crippen LogP contribution in [0, 0.1) is 5.92 Å². The van der Waals surface area contributed by atoms with Gasteiger partial charge < -0.3 is 9.47 Å². The van der Waals surface area contributed by atoms with Gasteiger partial charge in [-0.25, -0.2) is 13.4 Å². The average molecular weight is 505 g/mol. The van der Waals surface area contributed by atoms with Crippen LogP contribution in [0.1, 0.15) is 49.8 Å². The van der Waals surface area contributed by atoms with E-state index in [1.54, 1.807) is 24.5 Å². The number of sulfonamides is 1. The summed E-state index contributed by atoms with van der Waals surface area (Å²) in [5.74, 6) is 0.530. The van der Waals surface area contributed by atoms with Gasteiger partial charge in [0.25, 0.3) is 0 Å². The molecular weight excluding hydrogens is 477 g/mol. The summed E-state index contributed by atoms with van der Waals surface area (Å²) >= 11 is 6.15. The van der Waals surface area contributed by atoms with Crippen molar-refractivity contribution in [3.8, 4) is 0 Å². The Bertz CT molecular complexity index is 1080. The van der Waals surface area contributed by atoms with Gasteiger partial charge in [-0.3, -0.25) is 0 Å². The maximum absolute atomic E-state index is 13.5. The van der Waals surface area contributed by atoms with E-state index in [1.807, 2.05) is 22.7 Å². The largest absolute Gasteiger partial charge is 0.511 e. The van der Waals surface area contributed by atoms with Crippen molar-refractivity contribution < 1.29 is 21.6 Å². The lowest BCUT2D eigenvalue weighted by molar-refractivity contribution is -0.0492. The van der Waals surface area contributed by atoms with Crippen LogP contribution < -0.4 is 4.90 Å². The fraction of sp³-hybridized carbons (Fsp3) is 0.591. The van der Waals surface area contributed by atoms with Crippen LogP contribution in [0.4, 0.5) is 18.9 Å². The number of halogens is 4. The van der Waals surface area contributed by atoms with Crippen LogP contribution in [0.25, 0.3) is 0 Å². The van der Waals surface area contributed by atoms with Gasteiger partial charge in [0.05, 0.1) is 18.6 Å². The van der Waals surface area contributed by atoms with Gasteiger partial charge in [-0.2, -0.15) is 17.5 Å². The second kappa shape index (κ2) is 9.46. The lowest BCUT2D eigenvalue weighted by atomic mass is 9.97. The molecule has 1 aromatic heterocycles. The van der Waals surface area contributed by atoms with Crippen molar-refractivity contribution in [2.75, 3.05) is 11.4 Å². The molecule has 182 valence electrons. The predicted octanol–water partition coefficient (Wildman–Crippen LogP) is 5.08. The molecule has 1 atom stereocenters. The number of aromatic nitrogens is 2. The van der Waals surface area contributed by atoms with E-state index in [9.17, 15) is 21.6 Å². The second-order valence-electron chi connectivity index (χ2n) is 9.06. The first-order valence-electron chi connectivity index (χ1n) is 11.1. The van der Waals surface area contributed by atoms with E-state index in [1.165, 1.54) is 12.8 Å². The molecule has 0 bridgehead atoms. The summed E-state index contributed by atoms with van der Waals surface area (Å²) in [6, 6.07) is 4.59. The second-order valence-corrected chi connectivity index (χ2v) is 11.4. The average Bonchev–Trinajstić information content (AvgIpc) is 3.36. The number of rotatable bonds is 6. The monoisotopic (exact) mass is 504 g/mol. The van der Waals surface area contributed by atoms with Crippen LogP contribution in [0.2, 0.25) is 5.02 Å². The molecule has 1 aliphatic heterocycles. The third-order valence-electron chi connectivity index (χ3n) is 6.66. The van der Waals surface area contributed by atoms with Crippen LogP contribution in [0.5, 0.6) is 0 Å². The number of alkyl halides is 3. The van der Waals surface area contributed by atoms with Gasteiger partial charge in [0.15, 0.2) is 0 Å². The van der Waals surface area contributed by atoms with Crippen LogP contribution in [-0.4, -0.2) is 40.4 Å². The zero-order valence-corrected chi connectivity index (χ0v) is 20.0. The summed E-state index contributed by atoms with van der Waals surface area (Å²) in [5, 5.41) is 0.347. The van der Waals surface area contributed by atoms with Crippen LogP contribution in [-0.2, 0) is 30.2 Å². The van der Waals surface area contributed by atoms with Gasteiger partial charge in [0.1, 0.15) is 0 Å². The number of hydrogen-bond acceptors (Lipinski definition) is 4. The van der Waals surface area contributed by atoms with Crippen molar-refractivity contribution in [1.82, 2.24) is 13.9 Å². The van der Waals surface area contributed by atoms with E-state index >= 15 is 0 Å². The fourth-order valence-electron chi connectivity index (χ4n) is 4.99. The molecule has 0 N–H and O–H groups in total. The first kappa shape index (κ1) is 24.3. The van der Waals surface area contributed by atoms with E-state index in [2.05, 4.69) is 4.98 Å². The Morgan fingerprint density at radius 3 is 2.55 bits per heavy atom. The minimum absolute atomic E-state index is 0.242. The molecule has 1 aliphatic carbocycles. The molecule has 2 aromatic rings. The van der Waals surface area contributed by atoms with Gasteiger partial charge in [0.2, 0.25) is 0 Å². The van der Waals surface area contributed by atoms with Crippen LogP contribution in [0.15, 0.2) is 30.7 Å². The summed E-state index contributed by atoms with van der Waals surface area (Å²) < 4.78 is 67.9. The fourth-order valence-corrected chi connectivity index (χ4v) is 6.15. The standard InChI is InChI=1S/C22H28ClF3N4O2S/c1-28-12-19(27-15-28)13-30-20(8-6-16-4-2-3-5-16)14-29(33(31,32)22(24,25)26)11-17-10-18(23)7-9-21(17)30/h7,9-10,12,15-16,20H,2-6,8,11,13-14H2,1H3. The van der Waals surface area contributed by atoms with Crippen molar-refractivity contribution in [3.63, 3.8) is 0 Å². The maximum Gasteiger partial charge on any atom is 0.511 e. The molecule has 1 fully saturated rings. The highest BCUT2D eigenvalue weighted by Crippen LogP contribution is 2.38. The Labute approximate surface area is 197 Å². The Morgan fingerprint density at radius 1 is 1.18 bits per heavy atom. The summed E-state index contributed by atoms with van der Waals surface area (Å²) in [7, 11) is -3.65. The van der Waals surface area contributed by atoms with E-state index in [0.717, 1.165) is 25.0 Å². The zero-order valence-electron chi connectivity index (χ0n) is 18.4. The molecule has 1 aromatic carbocycles. The third-order valence-corrected chi connectivity index (χ3v) is 8.44. The van der Waals surface area contributed by atoms with Gasteiger partial charge in [-0.15, -0.1) is 0 Å². The minimum atomic E-state index is -5.50. The SMILES string of the molecule is Cn1cnc(CN2c3ccc(Cl)cc3CN(S(=O)(=O)C(F)(F)F)CC2CCC2CCCC2)c1. The van der Waals surface area contributed by atoms with Crippen LogP contribution in [0.3, 0.4) is 0 Å². The van der Waals surface area contributed by atoms with Crippen molar-refractivity contribution in [2.24, 2.45) is 13.0 Å². The summed E-state index contributed by atoms with van der Waals surface area (Å²) in [5.41, 5.74) is -3.45. The quantitative estimate of drug-likeness (QED) is 0.550. The predicted molar refractivity (Wildman–Crippen MR) is 121 cm³/mol. The smallest absolute Gasteiger partial charge is 0.361 e. The molecule has 6 nitrogen and oxygen atoms in total. The minimum Gasteiger partial charge on any atom is -0.361 e. The first-order chi connectivity index (χ1) is 15.5. The van der Waals surface area contributed by atoms with Gasteiger partial charge in [-0.05, 0) is 42.5 Å². The van der Waals surface area contributed by atoms with E-state index in [-0.39, 0.29) is 13.1 Å². The Balaban J connectivity index is 1.74. The van der Waals surface area contributed by atoms with E-state index in [0.29, 0.717) is 39.5 Å². The summed E-state index contributed by atoms with van der Waals surface area (Å²) in [4.78, 5) is 6.40. The number of hydrogen-bond donors (Lipinski definition) is 0. The normalized spacial score (nSPS) is 20.8. The van der Waals surface area contributed by atoms with Crippen LogP contribution >= 0.6 is 11.6 Å². The molecule has 33 heavy (non-hydrogen) atoms. The van der Waals surface area contributed by atoms with Crippen molar-refractivity contribution >= 4 is 27.3 Å². The number of imidazole rings is 1. The maximum atomic E-state index is 13.5. The molecule has 4 rings (SSSR count). The molecule has 0 radical (unpaired) electrons.